The molecule has 0 spiro atoms. The molecule has 0 saturated heterocycles. The molecule has 0 bridgehead atoms. The zero-order valence-electron chi connectivity index (χ0n) is 11.2. The Morgan fingerprint density at radius 2 is 1.95 bits per heavy atom. The molecule has 0 saturated carbocycles. The minimum Gasteiger partial charge on any atom is -0.314 e. The van der Waals surface area contributed by atoms with E-state index in [1.165, 1.54) is 0 Å². The zero-order chi connectivity index (χ0) is 13.7. The molecule has 3 nitrogen and oxygen atoms in total. The van der Waals surface area contributed by atoms with Crippen LogP contribution >= 0.6 is 22.9 Å². The van der Waals surface area contributed by atoms with Crippen molar-refractivity contribution in [3.8, 4) is 0 Å². The average molecular weight is 296 g/mol. The maximum Gasteiger partial charge on any atom is 0.121 e. The fraction of sp³-hybridized carbons (Fsp3) is 0.429. The first-order valence-corrected chi connectivity index (χ1v) is 7.62. The molecule has 102 valence electrons. The number of benzene rings is 1. The number of halogens is 1. The molecule has 0 aliphatic rings. The number of nitrogens with zero attached hydrogens (tertiary/aromatic N) is 2. The van der Waals surface area contributed by atoms with Crippen molar-refractivity contribution in [3.63, 3.8) is 0 Å². The van der Waals surface area contributed by atoms with Crippen molar-refractivity contribution < 1.29 is 0 Å². The summed E-state index contributed by atoms with van der Waals surface area (Å²) in [6.07, 6.45) is 1.69. The zero-order valence-corrected chi connectivity index (χ0v) is 12.8. The molecule has 0 radical (unpaired) electrons. The summed E-state index contributed by atoms with van der Waals surface area (Å²) >= 11 is 7.81. The normalized spacial score (nSPS) is 11.2. The molecule has 1 aromatic heterocycles. The van der Waals surface area contributed by atoms with Gasteiger partial charge in [-0.05, 0) is 11.6 Å². The van der Waals surface area contributed by atoms with Crippen molar-refractivity contribution in [3.05, 3.63) is 44.9 Å². The predicted molar refractivity (Wildman–Crippen MR) is 81.0 cm³/mol. The summed E-state index contributed by atoms with van der Waals surface area (Å²) in [6.45, 7) is 5.23. The Morgan fingerprint density at radius 1 is 1.21 bits per heavy atom. The third kappa shape index (κ3) is 4.56. The largest absolute Gasteiger partial charge is 0.314 e. The van der Waals surface area contributed by atoms with Gasteiger partial charge in [-0.15, -0.1) is 21.5 Å². The van der Waals surface area contributed by atoms with E-state index in [2.05, 4.69) is 29.4 Å². The molecule has 5 heteroatoms. The molecule has 19 heavy (non-hydrogen) atoms. The maximum atomic E-state index is 6.15. The molecular weight excluding hydrogens is 278 g/mol. The van der Waals surface area contributed by atoms with Crippen LogP contribution in [0.15, 0.2) is 24.3 Å². The molecular formula is C14H18ClN3S. The Labute approximate surface area is 123 Å². The quantitative estimate of drug-likeness (QED) is 0.888. The van der Waals surface area contributed by atoms with E-state index in [1.54, 1.807) is 11.3 Å². The second-order valence-corrected chi connectivity index (χ2v) is 6.27. The Kier molecular flexibility index (Phi) is 5.31. The van der Waals surface area contributed by atoms with E-state index in [4.69, 9.17) is 11.6 Å². The van der Waals surface area contributed by atoms with Gasteiger partial charge >= 0.3 is 0 Å². The summed E-state index contributed by atoms with van der Waals surface area (Å²) < 4.78 is 0. The smallest absolute Gasteiger partial charge is 0.121 e. The molecule has 0 atom stereocenters. The van der Waals surface area contributed by atoms with Gasteiger partial charge in [-0.1, -0.05) is 43.6 Å². The van der Waals surface area contributed by atoms with Crippen LogP contribution in [0.25, 0.3) is 0 Å². The molecule has 1 heterocycles. The van der Waals surface area contributed by atoms with Crippen molar-refractivity contribution >= 4 is 22.9 Å². The molecule has 0 amide bonds. The highest BCUT2D eigenvalue weighted by Gasteiger charge is 2.07. The van der Waals surface area contributed by atoms with Gasteiger partial charge in [0, 0.05) is 30.5 Å². The summed E-state index contributed by atoms with van der Waals surface area (Å²) in [5.41, 5.74) is 1.10. The molecule has 2 rings (SSSR count). The summed E-state index contributed by atoms with van der Waals surface area (Å²) in [6, 6.07) is 8.38. The van der Waals surface area contributed by atoms with E-state index in [9.17, 15) is 0 Å². The van der Waals surface area contributed by atoms with Crippen LogP contribution in [-0.2, 0) is 12.8 Å². The lowest BCUT2D eigenvalue weighted by molar-refractivity contribution is 0.588. The van der Waals surface area contributed by atoms with Crippen LogP contribution in [0.5, 0.6) is 0 Å². The minimum absolute atomic E-state index is 0.510. The third-order valence-corrected chi connectivity index (χ3v) is 4.05. The Hall–Kier alpha value is -0.970. The first kappa shape index (κ1) is 14.4. The SMILES string of the molecule is CC(C)NCCc1nnc(Cc2ccccc2Cl)s1. The van der Waals surface area contributed by atoms with Crippen LogP contribution in [0.4, 0.5) is 0 Å². The first-order valence-electron chi connectivity index (χ1n) is 6.43. The highest BCUT2D eigenvalue weighted by atomic mass is 35.5. The molecule has 0 aliphatic heterocycles. The standard InChI is InChI=1S/C14H18ClN3S/c1-10(2)16-8-7-13-17-18-14(19-13)9-11-5-3-4-6-12(11)15/h3-6,10,16H,7-9H2,1-2H3. The number of hydrogen-bond acceptors (Lipinski definition) is 4. The Bertz CT molecular complexity index is 525. The van der Waals surface area contributed by atoms with Gasteiger partial charge in [0.05, 0.1) is 0 Å². The van der Waals surface area contributed by atoms with Crippen molar-refractivity contribution in [2.45, 2.75) is 32.7 Å². The Balaban J connectivity index is 1.92. The van der Waals surface area contributed by atoms with Crippen molar-refractivity contribution in [2.24, 2.45) is 0 Å². The Morgan fingerprint density at radius 3 is 2.68 bits per heavy atom. The fourth-order valence-corrected chi connectivity index (χ4v) is 2.80. The van der Waals surface area contributed by atoms with Gasteiger partial charge in [0.15, 0.2) is 0 Å². The number of hydrogen-bond donors (Lipinski definition) is 1. The van der Waals surface area contributed by atoms with Crippen molar-refractivity contribution in [2.75, 3.05) is 6.54 Å². The van der Waals surface area contributed by atoms with E-state index in [-0.39, 0.29) is 0 Å². The molecule has 1 N–H and O–H groups in total. The maximum absolute atomic E-state index is 6.15. The van der Waals surface area contributed by atoms with Crippen molar-refractivity contribution in [1.82, 2.24) is 15.5 Å². The van der Waals surface area contributed by atoms with Crippen molar-refractivity contribution in [1.29, 1.82) is 0 Å². The van der Waals surface area contributed by atoms with Gasteiger partial charge in [0.25, 0.3) is 0 Å². The van der Waals surface area contributed by atoms with E-state index in [1.807, 2.05) is 24.3 Å². The molecule has 1 aromatic carbocycles. The second kappa shape index (κ2) is 6.98. The highest BCUT2D eigenvalue weighted by Crippen LogP contribution is 2.20. The van der Waals surface area contributed by atoms with Crippen LogP contribution in [0.3, 0.4) is 0 Å². The summed E-state index contributed by atoms with van der Waals surface area (Å²) in [7, 11) is 0. The predicted octanol–water partition coefficient (Wildman–Crippen LogP) is 3.32. The number of nitrogens with one attached hydrogen (secondary N) is 1. The second-order valence-electron chi connectivity index (χ2n) is 4.72. The molecule has 0 fully saturated rings. The lowest BCUT2D eigenvalue weighted by atomic mass is 10.2. The summed E-state index contributed by atoms with van der Waals surface area (Å²) in [5.74, 6) is 0. The lowest BCUT2D eigenvalue weighted by Crippen LogP contribution is -2.24. The van der Waals surface area contributed by atoms with Gasteiger partial charge in [0.2, 0.25) is 0 Å². The summed E-state index contributed by atoms with van der Waals surface area (Å²) in [4.78, 5) is 0. The summed E-state index contributed by atoms with van der Waals surface area (Å²) in [5, 5.41) is 14.7. The van der Waals surface area contributed by atoms with E-state index < -0.39 is 0 Å². The first-order chi connectivity index (χ1) is 9.15. The van der Waals surface area contributed by atoms with Gasteiger partial charge in [-0.2, -0.15) is 0 Å². The highest BCUT2D eigenvalue weighted by molar-refractivity contribution is 7.11. The van der Waals surface area contributed by atoms with Gasteiger partial charge in [-0.25, -0.2) is 0 Å². The van der Waals surface area contributed by atoms with E-state index in [0.717, 1.165) is 40.0 Å². The van der Waals surface area contributed by atoms with Crippen LogP contribution in [0.2, 0.25) is 5.02 Å². The molecule has 0 unspecified atom stereocenters. The number of aromatic nitrogens is 2. The van der Waals surface area contributed by atoms with Gasteiger partial charge in [-0.3, -0.25) is 0 Å². The fourth-order valence-electron chi connectivity index (χ4n) is 1.73. The van der Waals surface area contributed by atoms with E-state index in [0.29, 0.717) is 6.04 Å². The minimum atomic E-state index is 0.510. The number of rotatable bonds is 6. The topological polar surface area (TPSA) is 37.8 Å². The molecule has 0 aliphatic carbocycles. The molecule has 2 aromatic rings. The van der Waals surface area contributed by atoms with E-state index >= 15 is 0 Å². The van der Waals surface area contributed by atoms with Gasteiger partial charge < -0.3 is 5.32 Å². The average Bonchev–Trinajstić information content (AvgIpc) is 2.79. The van der Waals surface area contributed by atoms with Crippen LogP contribution in [0.1, 0.15) is 29.4 Å². The monoisotopic (exact) mass is 295 g/mol. The van der Waals surface area contributed by atoms with Crippen LogP contribution in [-0.4, -0.2) is 22.8 Å². The lowest BCUT2D eigenvalue weighted by Gasteiger charge is -2.05. The van der Waals surface area contributed by atoms with Crippen LogP contribution in [0, 0.1) is 0 Å². The van der Waals surface area contributed by atoms with Gasteiger partial charge in [0.1, 0.15) is 10.0 Å². The van der Waals surface area contributed by atoms with Crippen LogP contribution < -0.4 is 5.32 Å². The third-order valence-electron chi connectivity index (χ3n) is 2.70.